The van der Waals surface area contributed by atoms with Gasteiger partial charge in [0.05, 0.1) is 4.99 Å². The molecule has 0 aliphatic carbocycles. The molecule has 16 heavy (non-hydrogen) atoms. The minimum Gasteiger partial charge on any atom is -0.393 e. The van der Waals surface area contributed by atoms with Crippen molar-refractivity contribution in [1.29, 1.82) is 0 Å². The number of hydrogen-bond acceptors (Lipinski definition) is 3. The predicted molar refractivity (Wildman–Crippen MR) is 71.2 cm³/mol. The molecule has 0 spiro atoms. The average Bonchev–Trinajstić information content (AvgIpc) is 2.25. The van der Waals surface area contributed by atoms with E-state index in [1.807, 2.05) is 24.5 Å². The monoisotopic (exact) mass is 237 g/mol. The van der Waals surface area contributed by atoms with Crippen LogP contribution < -0.4 is 5.73 Å². The first-order chi connectivity index (χ1) is 7.59. The summed E-state index contributed by atoms with van der Waals surface area (Å²) in [5.41, 5.74) is 6.80. The van der Waals surface area contributed by atoms with Crippen molar-refractivity contribution in [1.82, 2.24) is 9.88 Å². The molecule has 1 aromatic rings. The highest BCUT2D eigenvalue weighted by Crippen LogP contribution is 2.07. The van der Waals surface area contributed by atoms with Crippen LogP contribution in [0.5, 0.6) is 0 Å². The predicted octanol–water partition coefficient (Wildman–Crippen LogP) is 1.97. The van der Waals surface area contributed by atoms with Crippen LogP contribution in [-0.2, 0) is 6.54 Å². The Balaban J connectivity index is 2.54. The van der Waals surface area contributed by atoms with Crippen LogP contribution in [0.3, 0.4) is 0 Å². The second-order valence-electron chi connectivity index (χ2n) is 4.14. The fraction of sp³-hybridized carbons (Fsp3) is 0.500. The second kappa shape index (κ2) is 6.55. The van der Waals surface area contributed by atoms with E-state index in [1.165, 1.54) is 5.56 Å². The summed E-state index contributed by atoms with van der Waals surface area (Å²) in [6, 6.07) is 4.56. The molecule has 1 aromatic heterocycles. The highest BCUT2D eigenvalue weighted by molar-refractivity contribution is 7.80. The first-order valence-corrected chi connectivity index (χ1v) is 5.91. The fourth-order valence-corrected chi connectivity index (χ4v) is 1.59. The van der Waals surface area contributed by atoms with Crippen molar-refractivity contribution in [3.05, 3.63) is 30.1 Å². The molecule has 0 fully saturated rings. The number of hydrogen-bond donors (Lipinski definition) is 1. The van der Waals surface area contributed by atoms with Gasteiger partial charge in [0, 0.05) is 37.9 Å². The molecule has 0 aromatic carbocycles. The van der Waals surface area contributed by atoms with Crippen LogP contribution in [0, 0.1) is 0 Å². The van der Waals surface area contributed by atoms with Crippen LogP contribution in [0.4, 0.5) is 0 Å². The number of rotatable bonds is 6. The summed E-state index contributed by atoms with van der Waals surface area (Å²) in [6.45, 7) is 6.19. The van der Waals surface area contributed by atoms with E-state index < -0.39 is 0 Å². The summed E-state index contributed by atoms with van der Waals surface area (Å²) in [5.74, 6) is 0. The Morgan fingerprint density at radius 3 is 2.56 bits per heavy atom. The summed E-state index contributed by atoms with van der Waals surface area (Å²) in [6.07, 6.45) is 4.42. The number of nitrogens with zero attached hydrogens (tertiary/aromatic N) is 2. The molecule has 0 bridgehead atoms. The first-order valence-electron chi connectivity index (χ1n) is 5.51. The van der Waals surface area contributed by atoms with Crippen molar-refractivity contribution in [2.75, 3.05) is 6.54 Å². The van der Waals surface area contributed by atoms with E-state index >= 15 is 0 Å². The molecule has 0 amide bonds. The van der Waals surface area contributed by atoms with E-state index in [-0.39, 0.29) is 0 Å². The molecule has 1 heterocycles. The third-order valence-electron chi connectivity index (χ3n) is 2.51. The lowest BCUT2D eigenvalue weighted by atomic mass is 10.2. The number of nitrogens with two attached hydrogens (primary N) is 1. The molecule has 0 aliphatic heterocycles. The van der Waals surface area contributed by atoms with Gasteiger partial charge < -0.3 is 5.73 Å². The van der Waals surface area contributed by atoms with Crippen LogP contribution >= 0.6 is 12.2 Å². The van der Waals surface area contributed by atoms with Gasteiger partial charge in [-0.2, -0.15) is 0 Å². The number of pyridine rings is 1. The summed E-state index contributed by atoms with van der Waals surface area (Å²) in [5, 5.41) is 0. The Kier molecular flexibility index (Phi) is 5.35. The molecule has 88 valence electrons. The van der Waals surface area contributed by atoms with Crippen LogP contribution in [-0.4, -0.2) is 27.5 Å². The maximum atomic E-state index is 5.53. The van der Waals surface area contributed by atoms with Crippen molar-refractivity contribution in [3.8, 4) is 0 Å². The van der Waals surface area contributed by atoms with Gasteiger partial charge in [-0.25, -0.2) is 0 Å². The van der Waals surface area contributed by atoms with Crippen molar-refractivity contribution in [2.45, 2.75) is 32.9 Å². The maximum Gasteiger partial charge on any atom is 0.0740 e. The van der Waals surface area contributed by atoms with E-state index in [2.05, 4.69) is 23.7 Å². The summed E-state index contributed by atoms with van der Waals surface area (Å²) in [4.78, 5) is 6.95. The van der Waals surface area contributed by atoms with Crippen molar-refractivity contribution in [2.24, 2.45) is 5.73 Å². The molecule has 3 nitrogen and oxygen atoms in total. The Hall–Kier alpha value is -1.00. The second-order valence-corrected chi connectivity index (χ2v) is 4.66. The normalized spacial score (nSPS) is 11.0. The van der Waals surface area contributed by atoms with Gasteiger partial charge in [0.1, 0.15) is 0 Å². The average molecular weight is 237 g/mol. The van der Waals surface area contributed by atoms with E-state index in [4.69, 9.17) is 18.0 Å². The third-order valence-corrected chi connectivity index (χ3v) is 2.71. The molecule has 4 heteroatoms. The lowest BCUT2D eigenvalue weighted by molar-refractivity contribution is 0.219. The Morgan fingerprint density at radius 2 is 2.06 bits per heavy atom. The summed E-state index contributed by atoms with van der Waals surface area (Å²) >= 11 is 4.91. The molecule has 1 rings (SSSR count). The lowest BCUT2D eigenvalue weighted by Gasteiger charge is -2.26. The molecular weight excluding hydrogens is 218 g/mol. The fourth-order valence-electron chi connectivity index (χ4n) is 1.50. The van der Waals surface area contributed by atoms with Crippen molar-refractivity contribution < 1.29 is 0 Å². The topological polar surface area (TPSA) is 42.1 Å². The van der Waals surface area contributed by atoms with E-state index in [9.17, 15) is 0 Å². The summed E-state index contributed by atoms with van der Waals surface area (Å²) in [7, 11) is 0. The maximum absolute atomic E-state index is 5.53. The Bertz CT molecular complexity index is 324. The van der Waals surface area contributed by atoms with Crippen LogP contribution in [0.25, 0.3) is 0 Å². The van der Waals surface area contributed by atoms with Crippen LogP contribution in [0.1, 0.15) is 25.8 Å². The molecule has 0 radical (unpaired) electrons. The number of aromatic nitrogens is 1. The minimum atomic E-state index is 0.488. The summed E-state index contributed by atoms with van der Waals surface area (Å²) < 4.78 is 0. The molecular formula is C12H19N3S. The molecule has 0 unspecified atom stereocenters. The van der Waals surface area contributed by atoms with Gasteiger partial charge in [0.15, 0.2) is 0 Å². The van der Waals surface area contributed by atoms with Gasteiger partial charge in [-0.05, 0) is 31.5 Å². The van der Waals surface area contributed by atoms with Crippen molar-refractivity contribution >= 4 is 17.2 Å². The standard InChI is InChI=1S/C12H19N3S/c1-10(2)15(8-5-12(13)16)9-11-3-6-14-7-4-11/h3-4,6-7,10H,5,8-9H2,1-2H3,(H2,13,16). The molecule has 0 atom stereocenters. The van der Waals surface area contributed by atoms with Gasteiger partial charge in [-0.15, -0.1) is 0 Å². The molecule has 0 saturated carbocycles. The van der Waals surface area contributed by atoms with Gasteiger partial charge in [0.2, 0.25) is 0 Å². The Labute approximate surface area is 103 Å². The SMILES string of the molecule is CC(C)N(CCC(N)=S)Cc1ccncc1. The zero-order valence-electron chi connectivity index (χ0n) is 9.89. The van der Waals surface area contributed by atoms with Crippen LogP contribution in [0.15, 0.2) is 24.5 Å². The van der Waals surface area contributed by atoms with E-state index in [0.29, 0.717) is 11.0 Å². The van der Waals surface area contributed by atoms with Crippen molar-refractivity contribution in [3.63, 3.8) is 0 Å². The smallest absolute Gasteiger partial charge is 0.0740 e. The molecule has 2 N–H and O–H groups in total. The highest BCUT2D eigenvalue weighted by Gasteiger charge is 2.09. The highest BCUT2D eigenvalue weighted by atomic mass is 32.1. The lowest BCUT2D eigenvalue weighted by Crippen LogP contribution is -2.33. The zero-order valence-corrected chi connectivity index (χ0v) is 10.7. The van der Waals surface area contributed by atoms with Gasteiger partial charge in [0.25, 0.3) is 0 Å². The molecule has 0 aliphatic rings. The van der Waals surface area contributed by atoms with E-state index in [1.54, 1.807) is 0 Å². The molecule has 0 saturated heterocycles. The number of thiocarbonyl (C=S) groups is 1. The zero-order chi connectivity index (χ0) is 12.0. The van der Waals surface area contributed by atoms with Crippen LogP contribution in [0.2, 0.25) is 0 Å². The Morgan fingerprint density at radius 1 is 1.44 bits per heavy atom. The van der Waals surface area contributed by atoms with Gasteiger partial charge in [-0.1, -0.05) is 12.2 Å². The quantitative estimate of drug-likeness (QED) is 0.768. The van der Waals surface area contributed by atoms with Gasteiger partial charge in [-0.3, -0.25) is 9.88 Å². The third kappa shape index (κ3) is 4.68. The first kappa shape index (κ1) is 13.1. The van der Waals surface area contributed by atoms with Gasteiger partial charge >= 0.3 is 0 Å². The minimum absolute atomic E-state index is 0.488. The van der Waals surface area contributed by atoms with E-state index in [0.717, 1.165) is 19.5 Å². The largest absolute Gasteiger partial charge is 0.393 e.